The molecule has 1 spiro atoms. The maximum absolute atomic E-state index is 5.80. The summed E-state index contributed by atoms with van der Waals surface area (Å²) in [6, 6.07) is 7.97. The van der Waals surface area contributed by atoms with Gasteiger partial charge < -0.3 is 9.64 Å². The van der Waals surface area contributed by atoms with Crippen molar-refractivity contribution in [1.82, 2.24) is 15.0 Å². The lowest BCUT2D eigenvalue weighted by Crippen LogP contribution is -2.31. The molecule has 1 aliphatic carbocycles. The van der Waals surface area contributed by atoms with Gasteiger partial charge in [-0.15, -0.1) is 0 Å². The Morgan fingerprint density at radius 1 is 1.26 bits per heavy atom. The van der Waals surface area contributed by atoms with Crippen molar-refractivity contribution in [2.45, 2.75) is 26.2 Å². The van der Waals surface area contributed by atoms with Crippen LogP contribution in [0.1, 0.15) is 25.5 Å². The molecular formula is C18H22N4O. The van der Waals surface area contributed by atoms with E-state index < -0.39 is 0 Å². The maximum atomic E-state index is 5.80. The van der Waals surface area contributed by atoms with Crippen molar-refractivity contribution in [2.24, 2.45) is 5.41 Å². The molecule has 0 atom stereocenters. The fourth-order valence-corrected chi connectivity index (χ4v) is 3.10. The van der Waals surface area contributed by atoms with Crippen LogP contribution < -0.4 is 4.90 Å². The number of pyridine rings is 1. The number of rotatable bonds is 3. The molecule has 0 unspecified atom stereocenters. The van der Waals surface area contributed by atoms with E-state index in [1.54, 1.807) is 6.20 Å². The van der Waals surface area contributed by atoms with Crippen molar-refractivity contribution in [3.8, 4) is 11.5 Å². The van der Waals surface area contributed by atoms with E-state index in [1.165, 1.54) is 12.8 Å². The van der Waals surface area contributed by atoms with E-state index in [0.717, 1.165) is 55.8 Å². The summed E-state index contributed by atoms with van der Waals surface area (Å²) in [5.41, 5.74) is 2.25. The highest BCUT2D eigenvalue weighted by Gasteiger charge is 2.45. The normalized spacial score (nSPS) is 19.6. The van der Waals surface area contributed by atoms with Gasteiger partial charge in [0, 0.05) is 36.5 Å². The van der Waals surface area contributed by atoms with Crippen LogP contribution in [0.5, 0.6) is 0 Å². The Labute approximate surface area is 136 Å². The molecule has 0 bridgehead atoms. The monoisotopic (exact) mass is 310 g/mol. The first-order chi connectivity index (χ1) is 11.3. The third-order valence-electron chi connectivity index (χ3n) is 4.74. The van der Waals surface area contributed by atoms with Crippen LogP contribution in [0, 0.1) is 5.41 Å². The molecule has 1 saturated heterocycles. The smallest absolute Gasteiger partial charge is 0.180 e. The average molecular weight is 310 g/mol. The summed E-state index contributed by atoms with van der Waals surface area (Å²) in [4.78, 5) is 16.2. The summed E-state index contributed by atoms with van der Waals surface area (Å²) in [7, 11) is 0. The molecule has 2 aromatic heterocycles. The molecule has 120 valence electrons. The van der Waals surface area contributed by atoms with Crippen molar-refractivity contribution in [3.05, 3.63) is 36.2 Å². The van der Waals surface area contributed by atoms with Gasteiger partial charge in [0.15, 0.2) is 5.82 Å². The van der Waals surface area contributed by atoms with Crippen LogP contribution in [0.2, 0.25) is 0 Å². The van der Waals surface area contributed by atoms with Gasteiger partial charge in [-0.3, -0.25) is 4.98 Å². The van der Waals surface area contributed by atoms with Gasteiger partial charge in [0.05, 0.1) is 13.2 Å². The lowest BCUT2D eigenvalue weighted by atomic mass is 10.1. The van der Waals surface area contributed by atoms with Crippen molar-refractivity contribution in [1.29, 1.82) is 0 Å². The van der Waals surface area contributed by atoms with E-state index >= 15 is 0 Å². The van der Waals surface area contributed by atoms with Crippen LogP contribution in [0.25, 0.3) is 11.5 Å². The van der Waals surface area contributed by atoms with Crippen molar-refractivity contribution >= 4 is 5.82 Å². The van der Waals surface area contributed by atoms with Gasteiger partial charge in [-0.2, -0.15) is 0 Å². The molecule has 2 aliphatic rings. The summed E-state index contributed by atoms with van der Waals surface area (Å²) in [5, 5.41) is 0. The Morgan fingerprint density at radius 2 is 2.17 bits per heavy atom. The zero-order chi connectivity index (χ0) is 15.7. The molecule has 3 heterocycles. The molecule has 5 heteroatoms. The highest BCUT2D eigenvalue weighted by atomic mass is 16.5. The number of aromatic nitrogens is 3. The minimum absolute atomic E-state index is 0.360. The maximum Gasteiger partial charge on any atom is 0.180 e. The van der Waals surface area contributed by atoms with Crippen LogP contribution >= 0.6 is 0 Å². The molecule has 23 heavy (non-hydrogen) atoms. The van der Waals surface area contributed by atoms with Crippen LogP contribution in [-0.2, 0) is 11.2 Å². The number of anilines is 1. The Morgan fingerprint density at radius 3 is 2.91 bits per heavy atom. The molecule has 2 fully saturated rings. The Kier molecular flexibility index (Phi) is 3.73. The molecular weight excluding hydrogens is 288 g/mol. The minimum Gasteiger partial charge on any atom is -0.379 e. The van der Waals surface area contributed by atoms with Crippen molar-refractivity contribution in [2.75, 3.05) is 31.2 Å². The molecule has 4 rings (SSSR count). The Hall–Kier alpha value is -2.01. The van der Waals surface area contributed by atoms with Crippen LogP contribution in [0.4, 0.5) is 5.82 Å². The summed E-state index contributed by atoms with van der Waals surface area (Å²) in [6.45, 7) is 5.72. The summed E-state index contributed by atoms with van der Waals surface area (Å²) in [5.74, 6) is 1.73. The number of nitrogens with zero attached hydrogens (tertiary/aromatic N) is 4. The fraction of sp³-hybridized carbons (Fsp3) is 0.500. The molecule has 0 N–H and O–H groups in total. The number of ether oxygens (including phenoxy) is 1. The number of hydrogen-bond donors (Lipinski definition) is 0. The minimum atomic E-state index is 0.360. The molecule has 0 radical (unpaired) electrons. The molecule has 5 nitrogen and oxygen atoms in total. The topological polar surface area (TPSA) is 51.1 Å². The second-order valence-corrected chi connectivity index (χ2v) is 6.58. The van der Waals surface area contributed by atoms with Gasteiger partial charge in [-0.1, -0.05) is 13.0 Å². The zero-order valence-corrected chi connectivity index (χ0v) is 13.5. The molecule has 1 aliphatic heterocycles. The predicted octanol–water partition coefficient (Wildman–Crippen LogP) is 2.72. The predicted molar refractivity (Wildman–Crippen MR) is 89.3 cm³/mol. The summed E-state index contributed by atoms with van der Waals surface area (Å²) < 4.78 is 5.80. The van der Waals surface area contributed by atoms with E-state index in [-0.39, 0.29) is 0 Å². The molecule has 0 aromatic carbocycles. The van der Waals surface area contributed by atoms with Crippen molar-refractivity contribution in [3.63, 3.8) is 0 Å². The second kappa shape index (κ2) is 5.89. The third kappa shape index (κ3) is 3.06. The van der Waals surface area contributed by atoms with Crippen LogP contribution in [-0.4, -0.2) is 41.3 Å². The third-order valence-corrected chi connectivity index (χ3v) is 4.74. The first-order valence-corrected chi connectivity index (χ1v) is 8.40. The van der Waals surface area contributed by atoms with Crippen molar-refractivity contribution < 1.29 is 4.74 Å². The van der Waals surface area contributed by atoms with Gasteiger partial charge in [0.2, 0.25) is 0 Å². The number of hydrogen-bond acceptors (Lipinski definition) is 5. The number of aryl methyl sites for hydroxylation is 1. The summed E-state index contributed by atoms with van der Waals surface area (Å²) >= 11 is 0. The highest BCUT2D eigenvalue weighted by molar-refractivity contribution is 5.54. The zero-order valence-electron chi connectivity index (χ0n) is 13.5. The quantitative estimate of drug-likeness (QED) is 0.872. The first-order valence-electron chi connectivity index (χ1n) is 8.40. The molecule has 0 amide bonds. The lowest BCUT2D eigenvalue weighted by molar-refractivity contribution is 0.116. The Balaban J connectivity index is 1.70. The van der Waals surface area contributed by atoms with Gasteiger partial charge in [-0.05, 0) is 31.4 Å². The largest absolute Gasteiger partial charge is 0.379 e. The lowest BCUT2D eigenvalue weighted by Gasteiger charge is -2.25. The van der Waals surface area contributed by atoms with E-state index in [2.05, 4.69) is 27.9 Å². The molecule has 2 aromatic rings. The van der Waals surface area contributed by atoms with E-state index in [9.17, 15) is 0 Å². The van der Waals surface area contributed by atoms with Gasteiger partial charge in [0.25, 0.3) is 0 Å². The van der Waals surface area contributed by atoms with Crippen LogP contribution in [0.3, 0.4) is 0 Å². The fourth-order valence-electron chi connectivity index (χ4n) is 3.10. The summed E-state index contributed by atoms with van der Waals surface area (Å²) in [6.07, 6.45) is 5.21. The van der Waals surface area contributed by atoms with Crippen LogP contribution in [0.15, 0.2) is 30.5 Å². The molecule has 1 saturated carbocycles. The van der Waals surface area contributed by atoms with Gasteiger partial charge >= 0.3 is 0 Å². The SMILES string of the molecule is CCc1cc(N2CCOCC3(CC3)C2)nc(-c2ccccn2)n1. The second-order valence-electron chi connectivity index (χ2n) is 6.58. The van der Waals surface area contributed by atoms with Gasteiger partial charge in [-0.25, -0.2) is 9.97 Å². The average Bonchev–Trinajstić information content (AvgIpc) is 3.41. The first kappa shape index (κ1) is 14.6. The van der Waals surface area contributed by atoms with Gasteiger partial charge in [0.1, 0.15) is 11.5 Å². The Bertz CT molecular complexity index is 685. The highest BCUT2D eigenvalue weighted by Crippen LogP contribution is 2.47. The van der Waals surface area contributed by atoms with E-state index in [4.69, 9.17) is 9.72 Å². The van der Waals surface area contributed by atoms with E-state index in [1.807, 2.05) is 18.2 Å². The standard InChI is InChI=1S/C18H22N4O/c1-2-14-11-16(21-17(20-14)15-5-3-4-8-19-15)22-9-10-23-13-18(12-22)6-7-18/h3-5,8,11H,2,6-7,9-10,12-13H2,1H3. The van der Waals surface area contributed by atoms with E-state index in [0.29, 0.717) is 5.41 Å².